The quantitative estimate of drug-likeness (QED) is 0.0581. The molecule has 2 amide bonds. The van der Waals surface area contributed by atoms with Crippen LogP contribution < -0.4 is 16.0 Å². The monoisotopic (exact) mass is 587 g/mol. The lowest BCUT2D eigenvalue weighted by atomic mass is 9.92. The van der Waals surface area contributed by atoms with Crippen LogP contribution in [0, 0.1) is 5.92 Å². The molecule has 0 rings (SSSR count). The van der Waals surface area contributed by atoms with Crippen LogP contribution in [-0.4, -0.2) is 50.3 Å². The van der Waals surface area contributed by atoms with E-state index >= 15 is 0 Å². The molecule has 0 spiro atoms. The van der Waals surface area contributed by atoms with E-state index < -0.39 is 24.2 Å². The van der Waals surface area contributed by atoms with E-state index in [4.69, 9.17) is 0 Å². The zero-order valence-corrected chi connectivity index (χ0v) is 24.2. The minimum absolute atomic E-state index is 0.0809. The molecule has 1 unspecified atom stereocenters. The molecule has 0 fully saturated rings. The molecule has 0 aromatic carbocycles. The summed E-state index contributed by atoms with van der Waals surface area (Å²) in [6.45, 7) is 3.79. The number of carbonyl (C=O) groups excluding carboxylic acids is 2. The smallest absolute Gasteiger partial charge is 0.348 e. The second kappa shape index (κ2) is 23.9. The molecule has 40 heavy (non-hydrogen) atoms. The summed E-state index contributed by atoms with van der Waals surface area (Å²) in [6, 6.07) is 0. The van der Waals surface area contributed by atoms with Gasteiger partial charge in [0.25, 0.3) is 0 Å². The van der Waals surface area contributed by atoms with Gasteiger partial charge in [-0.2, -0.15) is 26.3 Å². The third-order valence-corrected chi connectivity index (χ3v) is 6.75. The lowest BCUT2D eigenvalue weighted by Gasteiger charge is -2.18. The highest BCUT2D eigenvalue weighted by Gasteiger charge is 2.38. The van der Waals surface area contributed by atoms with Crippen LogP contribution in [0.3, 0.4) is 0 Å². The van der Waals surface area contributed by atoms with Crippen molar-refractivity contribution in [3.8, 4) is 0 Å². The fourth-order valence-electron chi connectivity index (χ4n) is 4.42. The predicted octanol–water partition coefficient (Wildman–Crippen LogP) is 7.76. The number of alkyl halides is 6. The van der Waals surface area contributed by atoms with Gasteiger partial charge in [0.15, 0.2) is 0 Å². The van der Waals surface area contributed by atoms with Gasteiger partial charge in [-0.3, -0.25) is 9.59 Å². The molecule has 0 saturated carbocycles. The Morgan fingerprint density at radius 3 is 1.57 bits per heavy atom. The summed E-state index contributed by atoms with van der Waals surface area (Å²) < 4.78 is 73.7. The number of allylic oxidation sites excluding steroid dienone is 2. The number of nitrogens with one attached hydrogen (secondary N) is 3. The van der Waals surface area contributed by atoms with Crippen molar-refractivity contribution in [2.24, 2.45) is 5.92 Å². The lowest BCUT2D eigenvalue weighted by molar-refractivity contribution is -0.173. The molecule has 1 atom stereocenters. The maximum absolute atomic E-state index is 12.3. The number of amides is 2. The average Bonchev–Trinajstić information content (AvgIpc) is 2.88. The molecular formula is C29H51F6N3O2. The van der Waals surface area contributed by atoms with Gasteiger partial charge in [-0.05, 0) is 83.2 Å². The SMILES string of the molecule is CCCCCCCC/C=C\CCCCNCCCC(CCCCNC(=O)C(F)(F)F)CCCNC(=O)C(F)(F)F. The van der Waals surface area contributed by atoms with Gasteiger partial charge < -0.3 is 16.0 Å². The maximum atomic E-state index is 12.3. The molecule has 3 N–H and O–H groups in total. The summed E-state index contributed by atoms with van der Waals surface area (Å²) in [6.07, 6.45) is 11.4. The van der Waals surface area contributed by atoms with Crippen molar-refractivity contribution < 1.29 is 35.9 Å². The van der Waals surface area contributed by atoms with Crippen molar-refractivity contribution in [2.75, 3.05) is 26.2 Å². The van der Waals surface area contributed by atoms with E-state index in [1.54, 1.807) is 0 Å². The Morgan fingerprint density at radius 1 is 0.575 bits per heavy atom. The van der Waals surface area contributed by atoms with Crippen LogP contribution >= 0.6 is 0 Å². The van der Waals surface area contributed by atoms with Gasteiger partial charge >= 0.3 is 24.2 Å². The molecule has 0 aliphatic heterocycles. The normalized spacial score (nSPS) is 13.1. The summed E-state index contributed by atoms with van der Waals surface area (Å²) in [4.78, 5) is 21.8. The highest BCUT2D eigenvalue weighted by Crippen LogP contribution is 2.21. The van der Waals surface area contributed by atoms with Gasteiger partial charge in [0.1, 0.15) is 0 Å². The van der Waals surface area contributed by atoms with E-state index in [0.717, 1.165) is 51.6 Å². The molecule has 11 heteroatoms. The third-order valence-electron chi connectivity index (χ3n) is 6.75. The van der Waals surface area contributed by atoms with Crippen LogP contribution in [0.2, 0.25) is 0 Å². The van der Waals surface area contributed by atoms with Gasteiger partial charge in [0.05, 0.1) is 0 Å². The molecule has 0 radical (unpaired) electrons. The van der Waals surface area contributed by atoms with Crippen molar-refractivity contribution >= 4 is 11.8 Å². The Morgan fingerprint density at radius 2 is 1.00 bits per heavy atom. The van der Waals surface area contributed by atoms with Crippen molar-refractivity contribution in [3.63, 3.8) is 0 Å². The first kappa shape index (κ1) is 38.2. The highest BCUT2D eigenvalue weighted by atomic mass is 19.4. The Balaban J connectivity index is 4.07. The van der Waals surface area contributed by atoms with E-state index in [-0.39, 0.29) is 19.0 Å². The Labute approximate surface area is 236 Å². The summed E-state index contributed by atoms with van der Waals surface area (Å²) in [7, 11) is 0. The van der Waals surface area contributed by atoms with Crippen molar-refractivity contribution in [3.05, 3.63) is 12.2 Å². The number of hydrogen-bond donors (Lipinski definition) is 3. The molecular weight excluding hydrogens is 536 g/mol. The molecule has 236 valence electrons. The largest absolute Gasteiger partial charge is 0.471 e. The minimum Gasteiger partial charge on any atom is -0.348 e. The second-order valence-corrected chi connectivity index (χ2v) is 10.4. The summed E-state index contributed by atoms with van der Waals surface area (Å²) in [5.41, 5.74) is 0. The molecule has 0 aliphatic rings. The molecule has 0 aliphatic carbocycles. The topological polar surface area (TPSA) is 70.2 Å². The fourth-order valence-corrected chi connectivity index (χ4v) is 4.42. The molecule has 0 aromatic heterocycles. The average molecular weight is 588 g/mol. The Hall–Kier alpha value is -1.78. The molecule has 0 saturated heterocycles. The van der Waals surface area contributed by atoms with Gasteiger partial charge in [-0.25, -0.2) is 0 Å². The summed E-state index contributed by atoms with van der Waals surface area (Å²) >= 11 is 0. The van der Waals surface area contributed by atoms with Gasteiger partial charge in [0, 0.05) is 13.1 Å². The van der Waals surface area contributed by atoms with Crippen LogP contribution in [0.25, 0.3) is 0 Å². The molecule has 0 aromatic rings. The predicted molar refractivity (Wildman–Crippen MR) is 148 cm³/mol. The second-order valence-electron chi connectivity index (χ2n) is 10.4. The van der Waals surface area contributed by atoms with Crippen molar-refractivity contribution in [2.45, 2.75) is 128 Å². The van der Waals surface area contributed by atoms with E-state index in [1.165, 1.54) is 38.5 Å². The number of halogens is 6. The van der Waals surface area contributed by atoms with E-state index in [0.29, 0.717) is 32.1 Å². The summed E-state index contributed by atoms with van der Waals surface area (Å²) in [5.74, 6) is -3.73. The third kappa shape index (κ3) is 24.1. The molecule has 5 nitrogen and oxygen atoms in total. The van der Waals surface area contributed by atoms with Crippen LogP contribution in [-0.2, 0) is 9.59 Å². The first-order chi connectivity index (χ1) is 19.0. The molecule has 0 heterocycles. The zero-order valence-electron chi connectivity index (χ0n) is 24.2. The minimum atomic E-state index is -4.91. The van der Waals surface area contributed by atoms with Crippen LogP contribution in [0.5, 0.6) is 0 Å². The number of carbonyl (C=O) groups is 2. The van der Waals surface area contributed by atoms with E-state index in [9.17, 15) is 35.9 Å². The summed E-state index contributed by atoms with van der Waals surface area (Å²) in [5, 5.41) is 7.13. The van der Waals surface area contributed by atoms with Crippen LogP contribution in [0.4, 0.5) is 26.3 Å². The highest BCUT2D eigenvalue weighted by molar-refractivity contribution is 5.81. The standard InChI is InChI=1S/C29H51F6N3O2/c1-2-3-4-5-6-7-8-9-10-11-12-14-21-36-22-16-19-25(20-17-24-38-27(40)29(33,34)35)18-13-15-23-37-26(39)28(30,31)32/h9-10,25,36H,2-8,11-24H2,1H3,(H,37,39)(H,38,40)/b10-9-. The van der Waals surface area contributed by atoms with Gasteiger partial charge in [-0.15, -0.1) is 0 Å². The molecule has 0 bridgehead atoms. The van der Waals surface area contributed by atoms with E-state index in [2.05, 4.69) is 24.4 Å². The Bertz CT molecular complexity index is 669. The van der Waals surface area contributed by atoms with Gasteiger partial charge in [-0.1, -0.05) is 64.0 Å². The number of unbranched alkanes of at least 4 members (excludes halogenated alkanes) is 9. The first-order valence-corrected chi connectivity index (χ1v) is 15.0. The maximum Gasteiger partial charge on any atom is 0.471 e. The van der Waals surface area contributed by atoms with Crippen LogP contribution in [0.1, 0.15) is 116 Å². The fraction of sp³-hybridized carbons (Fsp3) is 0.862. The van der Waals surface area contributed by atoms with Crippen molar-refractivity contribution in [1.82, 2.24) is 16.0 Å². The zero-order chi connectivity index (χ0) is 30.1. The van der Waals surface area contributed by atoms with Crippen LogP contribution in [0.15, 0.2) is 12.2 Å². The van der Waals surface area contributed by atoms with E-state index in [1.807, 2.05) is 10.6 Å². The van der Waals surface area contributed by atoms with Gasteiger partial charge in [0.2, 0.25) is 0 Å². The van der Waals surface area contributed by atoms with Crippen molar-refractivity contribution in [1.29, 1.82) is 0 Å². The Kier molecular flexibility index (Phi) is 22.8. The number of hydrogen-bond acceptors (Lipinski definition) is 3. The number of rotatable bonds is 25. The lowest BCUT2D eigenvalue weighted by Crippen LogP contribution is -2.37. The first-order valence-electron chi connectivity index (χ1n) is 15.0.